The SMILES string of the molecule is CC(C)Oc1ccc(CNCC[C@@H](C(C)C)[C@@H]2CCOC(C)(C)C2)cc1. The third-order valence-corrected chi connectivity index (χ3v) is 5.48. The van der Waals surface area contributed by atoms with E-state index in [2.05, 4.69) is 71.1 Å². The zero-order chi connectivity index (χ0) is 19.2. The van der Waals surface area contributed by atoms with E-state index < -0.39 is 0 Å². The van der Waals surface area contributed by atoms with Gasteiger partial charge in [-0.05, 0) is 89.0 Å². The molecule has 0 saturated carbocycles. The van der Waals surface area contributed by atoms with Crippen LogP contribution in [0.4, 0.5) is 0 Å². The van der Waals surface area contributed by atoms with Gasteiger partial charge in [0.2, 0.25) is 0 Å². The maximum absolute atomic E-state index is 5.92. The van der Waals surface area contributed by atoms with Gasteiger partial charge in [0.05, 0.1) is 11.7 Å². The minimum absolute atomic E-state index is 0.0449. The van der Waals surface area contributed by atoms with Crippen LogP contribution >= 0.6 is 0 Å². The highest BCUT2D eigenvalue weighted by molar-refractivity contribution is 5.27. The molecule has 0 spiro atoms. The molecule has 3 nitrogen and oxygen atoms in total. The Morgan fingerprint density at radius 1 is 1.15 bits per heavy atom. The van der Waals surface area contributed by atoms with Crippen molar-refractivity contribution in [3.63, 3.8) is 0 Å². The molecule has 26 heavy (non-hydrogen) atoms. The van der Waals surface area contributed by atoms with Crippen molar-refractivity contribution in [3.05, 3.63) is 29.8 Å². The minimum Gasteiger partial charge on any atom is -0.491 e. The summed E-state index contributed by atoms with van der Waals surface area (Å²) in [4.78, 5) is 0. The molecule has 1 saturated heterocycles. The second kappa shape index (κ2) is 9.75. The van der Waals surface area contributed by atoms with Crippen LogP contribution in [0.15, 0.2) is 24.3 Å². The van der Waals surface area contributed by atoms with Gasteiger partial charge in [0.1, 0.15) is 5.75 Å². The van der Waals surface area contributed by atoms with E-state index in [1.807, 2.05) is 0 Å². The van der Waals surface area contributed by atoms with E-state index in [1.165, 1.54) is 24.8 Å². The molecule has 148 valence electrons. The Hall–Kier alpha value is -1.06. The van der Waals surface area contributed by atoms with E-state index in [0.29, 0.717) is 0 Å². The predicted molar refractivity (Wildman–Crippen MR) is 110 cm³/mol. The predicted octanol–water partition coefficient (Wildman–Crippen LogP) is 5.43. The number of nitrogens with one attached hydrogen (secondary N) is 1. The highest BCUT2D eigenvalue weighted by Crippen LogP contribution is 2.37. The zero-order valence-corrected chi connectivity index (χ0v) is 17.7. The smallest absolute Gasteiger partial charge is 0.119 e. The zero-order valence-electron chi connectivity index (χ0n) is 17.7. The van der Waals surface area contributed by atoms with E-state index in [0.717, 1.165) is 43.2 Å². The van der Waals surface area contributed by atoms with Crippen LogP contribution < -0.4 is 10.1 Å². The molecule has 0 radical (unpaired) electrons. The van der Waals surface area contributed by atoms with Crippen molar-refractivity contribution >= 4 is 0 Å². The lowest BCUT2D eigenvalue weighted by molar-refractivity contribution is -0.0867. The largest absolute Gasteiger partial charge is 0.491 e. The topological polar surface area (TPSA) is 30.5 Å². The van der Waals surface area contributed by atoms with E-state index in [-0.39, 0.29) is 11.7 Å². The molecule has 1 aromatic carbocycles. The minimum atomic E-state index is 0.0449. The lowest BCUT2D eigenvalue weighted by atomic mass is 9.73. The Kier molecular flexibility index (Phi) is 7.97. The number of hydrogen-bond acceptors (Lipinski definition) is 3. The average Bonchev–Trinajstić information content (AvgIpc) is 2.54. The highest BCUT2D eigenvalue weighted by atomic mass is 16.5. The second-order valence-corrected chi connectivity index (χ2v) is 9.04. The molecule has 1 aromatic rings. The van der Waals surface area contributed by atoms with Gasteiger partial charge in [-0.2, -0.15) is 0 Å². The van der Waals surface area contributed by atoms with Gasteiger partial charge in [0.15, 0.2) is 0 Å². The van der Waals surface area contributed by atoms with Crippen LogP contribution in [-0.2, 0) is 11.3 Å². The summed E-state index contributed by atoms with van der Waals surface area (Å²) >= 11 is 0. The summed E-state index contributed by atoms with van der Waals surface area (Å²) in [6.45, 7) is 16.3. The lowest BCUT2D eigenvalue weighted by Gasteiger charge is -2.40. The summed E-state index contributed by atoms with van der Waals surface area (Å²) in [5, 5.41) is 3.64. The first kappa shape index (κ1) is 21.2. The fraction of sp³-hybridized carbons (Fsp3) is 0.739. The quantitative estimate of drug-likeness (QED) is 0.595. The van der Waals surface area contributed by atoms with Crippen molar-refractivity contribution in [2.24, 2.45) is 17.8 Å². The molecule has 0 amide bonds. The van der Waals surface area contributed by atoms with Crippen LogP contribution in [0, 0.1) is 17.8 Å². The molecule has 2 atom stereocenters. The Morgan fingerprint density at radius 3 is 2.42 bits per heavy atom. The molecule has 2 rings (SSSR count). The standard InChI is InChI=1S/C23H39NO2/c1-17(2)22(20-12-14-25-23(5,6)15-20)11-13-24-16-19-7-9-21(10-8-19)26-18(3)4/h7-10,17-18,20,22,24H,11-16H2,1-6H3/t20-,22+/m1/s1. The maximum atomic E-state index is 5.92. The van der Waals surface area contributed by atoms with Crippen molar-refractivity contribution in [2.45, 2.75) is 79.1 Å². The first-order chi connectivity index (χ1) is 12.3. The summed E-state index contributed by atoms with van der Waals surface area (Å²) < 4.78 is 11.6. The maximum Gasteiger partial charge on any atom is 0.119 e. The molecule has 0 aliphatic carbocycles. The highest BCUT2D eigenvalue weighted by Gasteiger charge is 2.34. The number of rotatable bonds is 9. The Bertz CT molecular complexity index is 522. The molecule has 1 aliphatic rings. The Labute approximate surface area is 160 Å². The molecule has 1 N–H and O–H groups in total. The summed E-state index contributed by atoms with van der Waals surface area (Å²) in [5.41, 5.74) is 1.36. The van der Waals surface area contributed by atoms with E-state index >= 15 is 0 Å². The normalized spacial score (nSPS) is 21.2. The second-order valence-electron chi connectivity index (χ2n) is 9.04. The van der Waals surface area contributed by atoms with Crippen LogP contribution in [0.25, 0.3) is 0 Å². The summed E-state index contributed by atoms with van der Waals surface area (Å²) in [6, 6.07) is 8.45. The summed E-state index contributed by atoms with van der Waals surface area (Å²) in [7, 11) is 0. The van der Waals surface area contributed by atoms with Crippen LogP contribution in [0.3, 0.4) is 0 Å². The monoisotopic (exact) mass is 361 g/mol. The van der Waals surface area contributed by atoms with Gasteiger partial charge in [-0.25, -0.2) is 0 Å². The van der Waals surface area contributed by atoms with Crippen molar-refractivity contribution in [1.82, 2.24) is 5.32 Å². The summed E-state index contributed by atoms with van der Waals surface area (Å²) in [6.07, 6.45) is 3.87. The Balaban J connectivity index is 1.77. The van der Waals surface area contributed by atoms with Gasteiger partial charge in [-0.15, -0.1) is 0 Å². The van der Waals surface area contributed by atoms with Crippen molar-refractivity contribution < 1.29 is 9.47 Å². The average molecular weight is 362 g/mol. The van der Waals surface area contributed by atoms with E-state index in [1.54, 1.807) is 0 Å². The van der Waals surface area contributed by atoms with Gasteiger partial charge in [-0.1, -0.05) is 26.0 Å². The Morgan fingerprint density at radius 2 is 1.85 bits per heavy atom. The van der Waals surface area contributed by atoms with Crippen molar-refractivity contribution in [2.75, 3.05) is 13.2 Å². The molecule has 3 heteroatoms. The van der Waals surface area contributed by atoms with Crippen LogP contribution in [0.1, 0.15) is 66.4 Å². The fourth-order valence-corrected chi connectivity index (χ4v) is 4.22. The van der Waals surface area contributed by atoms with Gasteiger partial charge in [0.25, 0.3) is 0 Å². The third kappa shape index (κ3) is 6.92. The van der Waals surface area contributed by atoms with E-state index in [4.69, 9.17) is 9.47 Å². The van der Waals surface area contributed by atoms with Crippen molar-refractivity contribution in [1.29, 1.82) is 0 Å². The number of hydrogen-bond donors (Lipinski definition) is 1. The fourth-order valence-electron chi connectivity index (χ4n) is 4.22. The first-order valence-corrected chi connectivity index (χ1v) is 10.4. The molecule has 0 aromatic heterocycles. The number of ether oxygens (including phenoxy) is 2. The number of benzene rings is 1. The van der Waals surface area contributed by atoms with E-state index in [9.17, 15) is 0 Å². The van der Waals surface area contributed by atoms with Crippen LogP contribution in [0.5, 0.6) is 5.75 Å². The summed E-state index contributed by atoms with van der Waals surface area (Å²) in [5.74, 6) is 3.23. The third-order valence-electron chi connectivity index (χ3n) is 5.48. The molecule has 0 bridgehead atoms. The molecule has 1 heterocycles. The molecular weight excluding hydrogens is 322 g/mol. The van der Waals surface area contributed by atoms with Crippen molar-refractivity contribution in [3.8, 4) is 5.75 Å². The molecule has 1 aliphatic heterocycles. The van der Waals surface area contributed by atoms with Gasteiger partial charge >= 0.3 is 0 Å². The van der Waals surface area contributed by atoms with Crippen LogP contribution in [0.2, 0.25) is 0 Å². The van der Waals surface area contributed by atoms with Gasteiger partial charge < -0.3 is 14.8 Å². The lowest BCUT2D eigenvalue weighted by Crippen LogP contribution is -2.38. The van der Waals surface area contributed by atoms with Gasteiger partial charge in [0, 0.05) is 13.2 Å². The molecule has 1 fully saturated rings. The van der Waals surface area contributed by atoms with Crippen LogP contribution in [-0.4, -0.2) is 24.9 Å². The first-order valence-electron chi connectivity index (χ1n) is 10.4. The molecular formula is C23H39NO2. The molecule has 0 unspecified atom stereocenters. The van der Waals surface area contributed by atoms with Gasteiger partial charge in [-0.3, -0.25) is 0 Å².